The fourth-order valence-electron chi connectivity index (χ4n) is 3.01. The van der Waals surface area contributed by atoms with Gasteiger partial charge in [0.2, 0.25) is 0 Å². The van der Waals surface area contributed by atoms with Crippen molar-refractivity contribution in [2.45, 2.75) is 13.3 Å². The van der Waals surface area contributed by atoms with Crippen molar-refractivity contribution in [3.8, 4) is 12.3 Å². The molecule has 0 aliphatic carbocycles. The molecule has 0 aliphatic heterocycles. The predicted molar refractivity (Wildman–Crippen MR) is 114 cm³/mol. The van der Waals surface area contributed by atoms with Gasteiger partial charge in [-0.25, -0.2) is 28.0 Å². The highest BCUT2D eigenvalue weighted by molar-refractivity contribution is 6.00. The summed E-state index contributed by atoms with van der Waals surface area (Å²) in [5.74, 6) is -3.76. The first-order valence-corrected chi connectivity index (χ1v) is 9.51. The van der Waals surface area contributed by atoms with Crippen molar-refractivity contribution in [1.82, 2.24) is 10.5 Å². The van der Waals surface area contributed by atoms with Crippen LogP contribution in [-0.4, -0.2) is 17.5 Å². The number of benzene rings is 2. The van der Waals surface area contributed by atoms with Gasteiger partial charge in [-0.05, 0) is 47.9 Å². The number of hydroxylamine groups is 1. The smallest absolute Gasteiger partial charge is 0.277 e. The summed E-state index contributed by atoms with van der Waals surface area (Å²) >= 11 is 0. The third-order valence-corrected chi connectivity index (χ3v) is 4.61. The second-order valence-electron chi connectivity index (χ2n) is 6.96. The zero-order valence-electron chi connectivity index (χ0n) is 17.3. The zero-order chi connectivity index (χ0) is 24.1. The Morgan fingerprint density at radius 2 is 1.88 bits per heavy atom. The van der Waals surface area contributed by atoms with Gasteiger partial charge < -0.3 is 11.1 Å². The lowest BCUT2D eigenvalue weighted by atomic mass is 9.99. The number of aromatic nitrogens is 1. The van der Waals surface area contributed by atoms with Crippen LogP contribution in [0.25, 0.3) is 0 Å². The van der Waals surface area contributed by atoms with E-state index < -0.39 is 52.7 Å². The van der Waals surface area contributed by atoms with Crippen molar-refractivity contribution < 1.29 is 27.2 Å². The van der Waals surface area contributed by atoms with Crippen LogP contribution >= 0.6 is 0 Å². The summed E-state index contributed by atoms with van der Waals surface area (Å²) in [6.07, 6.45) is 5.82. The van der Waals surface area contributed by atoms with Crippen molar-refractivity contribution in [3.05, 3.63) is 82.1 Å². The number of nitrogens with one attached hydrogen (secondary N) is 2. The topological polar surface area (TPSA) is 89.3 Å². The number of nitrogen functional groups attached to an aromatic ring is 1. The van der Waals surface area contributed by atoms with Crippen LogP contribution in [0, 0.1) is 42.5 Å². The van der Waals surface area contributed by atoms with E-state index in [4.69, 9.17) is 17.0 Å². The summed E-state index contributed by atoms with van der Waals surface area (Å²) in [7, 11) is 0. The van der Waals surface area contributed by atoms with Crippen molar-refractivity contribution in [3.63, 3.8) is 0 Å². The van der Waals surface area contributed by atoms with Gasteiger partial charge in [0.05, 0.1) is 16.9 Å². The van der Waals surface area contributed by atoms with Crippen LogP contribution in [0.15, 0.2) is 36.5 Å². The lowest BCUT2D eigenvalue weighted by molar-refractivity contribution is 0.0438. The number of aryl methyl sites for hydroxylation is 1. The molecular weight excluding hydrogens is 440 g/mol. The molecule has 1 amide bonds. The zero-order valence-corrected chi connectivity index (χ0v) is 17.3. The summed E-state index contributed by atoms with van der Waals surface area (Å²) in [6, 6.07) is 6.27. The average Bonchev–Trinajstić information content (AvgIpc) is 2.78. The third-order valence-electron chi connectivity index (χ3n) is 4.61. The quantitative estimate of drug-likeness (QED) is 0.214. The predicted octanol–water partition coefficient (Wildman–Crippen LogP) is 4.16. The van der Waals surface area contributed by atoms with Crippen LogP contribution in [0.2, 0.25) is 0 Å². The molecule has 3 rings (SSSR count). The summed E-state index contributed by atoms with van der Waals surface area (Å²) < 4.78 is 58.6. The lowest BCUT2D eigenvalue weighted by Gasteiger charge is -2.17. The number of hydrogen-bond acceptors (Lipinski definition) is 5. The molecule has 0 aliphatic rings. The first-order chi connectivity index (χ1) is 15.7. The van der Waals surface area contributed by atoms with Gasteiger partial charge in [0.25, 0.3) is 5.91 Å². The summed E-state index contributed by atoms with van der Waals surface area (Å²) in [5.41, 5.74) is 6.34. The van der Waals surface area contributed by atoms with Crippen LogP contribution in [0.5, 0.6) is 0 Å². The molecule has 1 aromatic heterocycles. The highest BCUT2D eigenvalue weighted by atomic mass is 19.2. The second kappa shape index (κ2) is 10.0. The van der Waals surface area contributed by atoms with Crippen LogP contribution in [0.3, 0.4) is 0 Å². The minimum absolute atomic E-state index is 0.0685. The van der Waals surface area contributed by atoms with E-state index in [0.717, 1.165) is 6.07 Å². The van der Waals surface area contributed by atoms with E-state index in [0.29, 0.717) is 5.56 Å². The monoisotopic (exact) mass is 458 g/mol. The fraction of sp³-hybridized carbons (Fsp3) is 0.130. The van der Waals surface area contributed by atoms with Gasteiger partial charge in [0, 0.05) is 12.6 Å². The molecule has 0 atom stereocenters. The number of terminal acetylenes is 1. The number of carbonyl (C=O) groups is 1. The Morgan fingerprint density at radius 1 is 1.12 bits per heavy atom. The number of carbonyl (C=O) groups excluding carboxylic acids is 1. The molecule has 6 nitrogen and oxygen atoms in total. The molecule has 0 saturated carbocycles. The number of anilines is 3. The van der Waals surface area contributed by atoms with E-state index in [-0.39, 0.29) is 23.4 Å². The standard InChI is InChI=1S/C23H18F4N4O2/c1-3-8-33-31-23(32)15-11-14(10-13-6-7-29-22(28)19(13)26)18(25)20(27)21(15)30-17-5-4-12(2)9-16(17)24/h1,4-7,9,11,30H,8,10H2,2H3,(H2,28,29)(H,31,32). The lowest BCUT2D eigenvalue weighted by Crippen LogP contribution is -2.25. The van der Waals surface area contributed by atoms with Crippen LogP contribution in [0.1, 0.15) is 27.0 Å². The Morgan fingerprint density at radius 3 is 2.58 bits per heavy atom. The van der Waals surface area contributed by atoms with E-state index >= 15 is 4.39 Å². The highest BCUT2D eigenvalue weighted by Gasteiger charge is 2.24. The SMILES string of the molecule is C#CCONC(=O)c1cc(Cc2ccnc(N)c2F)c(F)c(F)c1Nc1ccc(C)cc1F. The molecule has 3 aromatic rings. The van der Waals surface area contributed by atoms with Crippen molar-refractivity contribution >= 4 is 23.1 Å². The van der Waals surface area contributed by atoms with E-state index in [9.17, 15) is 18.0 Å². The molecule has 0 spiro atoms. The van der Waals surface area contributed by atoms with Gasteiger partial charge in [-0.2, -0.15) is 0 Å². The largest absolute Gasteiger partial charge is 0.381 e. The molecule has 0 unspecified atom stereocenters. The van der Waals surface area contributed by atoms with E-state index in [2.05, 4.69) is 16.2 Å². The number of nitrogens with zero attached hydrogens (tertiary/aromatic N) is 1. The first kappa shape index (κ1) is 23.6. The van der Waals surface area contributed by atoms with Crippen LogP contribution < -0.4 is 16.5 Å². The number of pyridine rings is 1. The third kappa shape index (κ3) is 5.22. The molecule has 4 N–H and O–H groups in total. The maximum Gasteiger partial charge on any atom is 0.277 e. The molecular formula is C23H18F4N4O2. The van der Waals surface area contributed by atoms with Crippen molar-refractivity contribution in [1.29, 1.82) is 0 Å². The number of amides is 1. The van der Waals surface area contributed by atoms with Gasteiger partial charge >= 0.3 is 0 Å². The highest BCUT2D eigenvalue weighted by Crippen LogP contribution is 2.31. The summed E-state index contributed by atoms with van der Waals surface area (Å²) in [6.45, 7) is 1.35. The van der Waals surface area contributed by atoms with Gasteiger partial charge in [0.1, 0.15) is 12.4 Å². The number of hydrogen-bond donors (Lipinski definition) is 3. The average molecular weight is 458 g/mol. The molecule has 10 heteroatoms. The van der Waals surface area contributed by atoms with Crippen molar-refractivity contribution in [2.75, 3.05) is 17.7 Å². The molecule has 0 fully saturated rings. The van der Waals surface area contributed by atoms with E-state index in [1.807, 2.05) is 5.48 Å². The van der Waals surface area contributed by atoms with E-state index in [1.165, 1.54) is 24.4 Å². The van der Waals surface area contributed by atoms with Gasteiger partial charge in [-0.3, -0.25) is 9.63 Å². The first-order valence-electron chi connectivity index (χ1n) is 9.51. The van der Waals surface area contributed by atoms with Gasteiger partial charge in [-0.1, -0.05) is 12.0 Å². The second-order valence-corrected chi connectivity index (χ2v) is 6.96. The maximum absolute atomic E-state index is 15.1. The van der Waals surface area contributed by atoms with Crippen LogP contribution in [0.4, 0.5) is 34.8 Å². The minimum atomic E-state index is -1.47. The van der Waals surface area contributed by atoms with E-state index in [1.54, 1.807) is 13.0 Å². The molecule has 0 saturated heterocycles. The Kier molecular flexibility index (Phi) is 7.15. The Labute approximate surface area is 186 Å². The maximum atomic E-state index is 15.1. The Hall–Kier alpha value is -4.10. The molecule has 170 valence electrons. The number of rotatable bonds is 7. The molecule has 0 radical (unpaired) electrons. The number of halogens is 4. The Balaban J connectivity index is 2.09. The molecule has 1 heterocycles. The van der Waals surface area contributed by atoms with Crippen molar-refractivity contribution in [2.24, 2.45) is 0 Å². The normalized spacial score (nSPS) is 10.5. The number of nitrogens with two attached hydrogens (primary N) is 1. The summed E-state index contributed by atoms with van der Waals surface area (Å²) in [4.78, 5) is 21.0. The molecule has 33 heavy (non-hydrogen) atoms. The molecule has 0 bridgehead atoms. The molecule has 2 aromatic carbocycles. The minimum Gasteiger partial charge on any atom is -0.381 e. The van der Waals surface area contributed by atoms with Gasteiger partial charge in [-0.15, -0.1) is 6.42 Å². The van der Waals surface area contributed by atoms with Gasteiger partial charge in [0.15, 0.2) is 23.3 Å². The summed E-state index contributed by atoms with van der Waals surface area (Å²) in [5, 5.41) is 2.41. The van der Waals surface area contributed by atoms with Crippen LogP contribution in [-0.2, 0) is 11.3 Å². The fourth-order valence-corrected chi connectivity index (χ4v) is 3.01. The Bertz CT molecular complexity index is 1260.